The first-order valence-corrected chi connectivity index (χ1v) is 9.57. The average Bonchev–Trinajstić information content (AvgIpc) is 2.62. The molecular formula is C22H32O. The van der Waals surface area contributed by atoms with Crippen molar-refractivity contribution < 1.29 is 4.74 Å². The Hall–Kier alpha value is -1.08. The van der Waals surface area contributed by atoms with E-state index in [2.05, 4.69) is 37.8 Å². The fourth-order valence-corrected chi connectivity index (χ4v) is 4.11. The van der Waals surface area contributed by atoms with E-state index >= 15 is 0 Å². The van der Waals surface area contributed by atoms with Crippen molar-refractivity contribution in [2.24, 2.45) is 17.8 Å². The van der Waals surface area contributed by atoms with Crippen LogP contribution in [0.2, 0.25) is 0 Å². The summed E-state index contributed by atoms with van der Waals surface area (Å²) < 4.78 is 6.00. The first-order valence-electron chi connectivity index (χ1n) is 9.57. The first-order chi connectivity index (χ1) is 11.2. The monoisotopic (exact) mass is 312 g/mol. The maximum absolute atomic E-state index is 6.00. The maximum Gasteiger partial charge on any atom is 0.0825 e. The van der Waals surface area contributed by atoms with E-state index in [4.69, 9.17) is 4.74 Å². The second kappa shape index (κ2) is 8.15. The quantitative estimate of drug-likeness (QED) is 0.597. The third kappa shape index (κ3) is 4.70. The van der Waals surface area contributed by atoms with Gasteiger partial charge in [-0.3, -0.25) is 0 Å². The molecule has 3 rings (SSSR count). The van der Waals surface area contributed by atoms with E-state index in [-0.39, 0.29) is 0 Å². The van der Waals surface area contributed by atoms with E-state index in [1.165, 1.54) is 56.1 Å². The van der Waals surface area contributed by atoms with Crippen LogP contribution in [-0.2, 0) is 11.2 Å². The normalized spacial score (nSPS) is 31.7. The summed E-state index contributed by atoms with van der Waals surface area (Å²) in [5.41, 5.74) is 2.84. The van der Waals surface area contributed by atoms with Gasteiger partial charge in [-0.1, -0.05) is 62.9 Å². The molecule has 2 aliphatic rings. The predicted octanol–water partition coefficient (Wildman–Crippen LogP) is 6.10. The molecule has 1 saturated heterocycles. The highest BCUT2D eigenvalue weighted by Gasteiger charge is 2.21. The van der Waals surface area contributed by atoms with Gasteiger partial charge in [0, 0.05) is 5.92 Å². The lowest BCUT2D eigenvalue weighted by Crippen LogP contribution is -2.19. The average molecular weight is 312 g/mol. The zero-order valence-corrected chi connectivity index (χ0v) is 14.7. The van der Waals surface area contributed by atoms with Gasteiger partial charge in [-0.2, -0.15) is 0 Å². The molecule has 126 valence electrons. The Kier molecular flexibility index (Phi) is 5.94. The van der Waals surface area contributed by atoms with E-state index in [0.717, 1.165) is 24.9 Å². The van der Waals surface area contributed by atoms with Crippen molar-refractivity contribution >= 4 is 0 Å². The molecule has 2 atom stereocenters. The van der Waals surface area contributed by atoms with E-state index in [9.17, 15) is 0 Å². The van der Waals surface area contributed by atoms with Gasteiger partial charge >= 0.3 is 0 Å². The summed E-state index contributed by atoms with van der Waals surface area (Å²) >= 11 is 0. The van der Waals surface area contributed by atoms with Crippen LogP contribution in [0.15, 0.2) is 36.9 Å². The molecule has 1 saturated carbocycles. The molecule has 0 bridgehead atoms. The van der Waals surface area contributed by atoms with Crippen molar-refractivity contribution in [1.29, 1.82) is 0 Å². The highest BCUT2D eigenvalue weighted by atomic mass is 16.5. The van der Waals surface area contributed by atoms with Crippen LogP contribution in [0.3, 0.4) is 0 Å². The van der Waals surface area contributed by atoms with Crippen molar-refractivity contribution in [3.8, 4) is 0 Å². The van der Waals surface area contributed by atoms with Crippen molar-refractivity contribution in [1.82, 2.24) is 0 Å². The summed E-state index contributed by atoms with van der Waals surface area (Å²) in [5.74, 6) is 2.47. The lowest BCUT2D eigenvalue weighted by atomic mass is 9.80. The van der Waals surface area contributed by atoms with Crippen molar-refractivity contribution in [2.75, 3.05) is 6.61 Å². The fourth-order valence-electron chi connectivity index (χ4n) is 4.11. The molecule has 0 amide bonds. The highest BCUT2D eigenvalue weighted by molar-refractivity contribution is 5.24. The van der Waals surface area contributed by atoms with E-state index in [1.54, 1.807) is 0 Å². The third-order valence-corrected chi connectivity index (χ3v) is 5.97. The second-order valence-electron chi connectivity index (χ2n) is 7.80. The minimum Gasteiger partial charge on any atom is -0.373 e. The van der Waals surface area contributed by atoms with Gasteiger partial charge in [-0.25, -0.2) is 0 Å². The van der Waals surface area contributed by atoms with Crippen LogP contribution in [0.25, 0.3) is 0 Å². The van der Waals surface area contributed by atoms with Crippen molar-refractivity contribution in [2.45, 2.75) is 64.4 Å². The second-order valence-corrected chi connectivity index (χ2v) is 7.80. The number of rotatable bonds is 5. The van der Waals surface area contributed by atoms with Gasteiger partial charge in [0.1, 0.15) is 0 Å². The van der Waals surface area contributed by atoms with Gasteiger partial charge in [0.25, 0.3) is 0 Å². The molecule has 2 unspecified atom stereocenters. The van der Waals surface area contributed by atoms with Gasteiger partial charge in [0.15, 0.2) is 0 Å². The van der Waals surface area contributed by atoms with Crippen LogP contribution in [0, 0.1) is 17.8 Å². The minimum absolute atomic E-state index is 0.292. The van der Waals surface area contributed by atoms with Gasteiger partial charge in [0.2, 0.25) is 0 Å². The molecule has 23 heavy (non-hydrogen) atoms. The molecule has 0 spiro atoms. The summed E-state index contributed by atoms with van der Waals surface area (Å²) in [4.78, 5) is 0. The lowest BCUT2D eigenvalue weighted by molar-refractivity contribution is -0.00515. The molecule has 0 radical (unpaired) electrons. The van der Waals surface area contributed by atoms with Crippen LogP contribution in [0.4, 0.5) is 0 Å². The molecule has 0 N–H and O–H groups in total. The minimum atomic E-state index is 0.292. The Morgan fingerprint density at radius 1 is 1.04 bits per heavy atom. The molecule has 1 aromatic carbocycles. The Morgan fingerprint density at radius 2 is 1.78 bits per heavy atom. The number of hydrogen-bond donors (Lipinski definition) is 0. The third-order valence-electron chi connectivity index (χ3n) is 5.97. The molecule has 1 aromatic rings. The summed E-state index contributed by atoms with van der Waals surface area (Å²) in [5, 5.41) is 0. The highest BCUT2D eigenvalue weighted by Crippen LogP contribution is 2.33. The number of aryl methyl sites for hydroxylation is 1. The maximum atomic E-state index is 6.00. The summed E-state index contributed by atoms with van der Waals surface area (Å²) in [6.07, 6.45) is 13.0. The zero-order valence-electron chi connectivity index (χ0n) is 14.7. The number of ether oxygens (including phenoxy) is 1. The van der Waals surface area contributed by atoms with Crippen LogP contribution in [-0.4, -0.2) is 6.61 Å². The zero-order chi connectivity index (χ0) is 16.1. The molecule has 1 aliphatic heterocycles. The molecule has 2 fully saturated rings. The van der Waals surface area contributed by atoms with Crippen LogP contribution < -0.4 is 0 Å². The van der Waals surface area contributed by atoms with Gasteiger partial charge in [0.05, 0.1) is 12.7 Å². The molecule has 1 nitrogen and oxygen atoms in total. The summed E-state index contributed by atoms with van der Waals surface area (Å²) in [7, 11) is 0. The molecule has 1 aliphatic carbocycles. The lowest BCUT2D eigenvalue weighted by Gasteiger charge is -2.28. The Bertz CT molecular complexity index is 473. The number of hydrogen-bond acceptors (Lipinski definition) is 1. The Labute approximate surface area is 142 Å². The standard InChI is InChI=1S/C22H32O/c1-3-18-12-15-22(23-16-18)21-13-10-20(11-14-21)9-8-19-6-4-17(2)5-7-19/h3,10-11,13-14,17-19,22H,1,4-9,12,15-16H2,2H3. The van der Waals surface area contributed by atoms with Crippen LogP contribution >= 0.6 is 0 Å². The Balaban J connectivity index is 1.46. The van der Waals surface area contributed by atoms with Crippen LogP contribution in [0.5, 0.6) is 0 Å². The van der Waals surface area contributed by atoms with Crippen molar-refractivity contribution in [3.63, 3.8) is 0 Å². The Morgan fingerprint density at radius 3 is 2.39 bits per heavy atom. The summed E-state index contributed by atoms with van der Waals surface area (Å²) in [6, 6.07) is 9.22. The van der Waals surface area contributed by atoms with Gasteiger partial charge < -0.3 is 4.74 Å². The first kappa shape index (κ1) is 16.8. The molecular weight excluding hydrogens is 280 g/mol. The van der Waals surface area contributed by atoms with Crippen LogP contribution in [0.1, 0.15) is 69.1 Å². The smallest absolute Gasteiger partial charge is 0.0825 e. The molecule has 1 heterocycles. The van der Waals surface area contributed by atoms with E-state index < -0.39 is 0 Å². The van der Waals surface area contributed by atoms with Gasteiger partial charge in [-0.15, -0.1) is 6.58 Å². The fraction of sp³-hybridized carbons (Fsp3) is 0.636. The largest absolute Gasteiger partial charge is 0.373 e. The topological polar surface area (TPSA) is 9.23 Å². The van der Waals surface area contributed by atoms with Crippen molar-refractivity contribution in [3.05, 3.63) is 48.0 Å². The SMILES string of the molecule is C=CC1CCC(c2ccc(CCC3CCC(C)CC3)cc2)OC1. The van der Waals surface area contributed by atoms with E-state index in [1.807, 2.05) is 6.08 Å². The molecule has 0 aromatic heterocycles. The number of benzene rings is 1. The summed E-state index contributed by atoms with van der Waals surface area (Å²) in [6.45, 7) is 7.11. The van der Waals surface area contributed by atoms with Gasteiger partial charge in [-0.05, 0) is 48.6 Å². The predicted molar refractivity (Wildman–Crippen MR) is 97.5 cm³/mol. The molecule has 1 heteroatoms. The van der Waals surface area contributed by atoms with E-state index in [0.29, 0.717) is 12.0 Å².